The molecule has 0 bridgehead atoms. The minimum absolute atomic E-state index is 0.0942. The Balaban J connectivity index is 1.25. The summed E-state index contributed by atoms with van der Waals surface area (Å²) in [5.74, 6) is 0.693. The van der Waals surface area contributed by atoms with Crippen LogP contribution in [0.1, 0.15) is 58.9 Å². The number of anilines is 1. The van der Waals surface area contributed by atoms with Gasteiger partial charge >= 0.3 is 6.18 Å². The fraction of sp³-hybridized carbons (Fsp3) is 0.296. The first-order valence-electron chi connectivity index (χ1n) is 12.1. The van der Waals surface area contributed by atoms with Crippen LogP contribution in [0.25, 0.3) is 17.1 Å². The number of hydrogen-bond acceptors (Lipinski definition) is 3. The lowest BCUT2D eigenvalue weighted by Crippen LogP contribution is -2.14. The summed E-state index contributed by atoms with van der Waals surface area (Å²) >= 11 is 0. The molecule has 184 valence electrons. The van der Waals surface area contributed by atoms with Crippen molar-refractivity contribution >= 4 is 11.6 Å². The molecule has 2 aromatic carbocycles. The van der Waals surface area contributed by atoms with E-state index in [2.05, 4.69) is 20.0 Å². The molecule has 0 atom stereocenters. The lowest BCUT2D eigenvalue weighted by atomic mass is 10.1. The second-order valence-electron chi connectivity index (χ2n) is 9.39. The Morgan fingerprint density at radius 1 is 1.03 bits per heavy atom. The monoisotopic (exact) mass is 491 g/mol. The third-order valence-electron chi connectivity index (χ3n) is 6.84. The lowest BCUT2D eigenvalue weighted by Gasteiger charge is -2.16. The number of fused-ring (bicyclic) bond motifs is 1. The Labute approximate surface area is 205 Å². The third-order valence-corrected chi connectivity index (χ3v) is 6.84. The van der Waals surface area contributed by atoms with E-state index in [-0.39, 0.29) is 17.5 Å². The molecule has 36 heavy (non-hydrogen) atoms. The van der Waals surface area contributed by atoms with E-state index in [9.17, 15) is 18.0 Å². The van der Waals surface area contributed by atoms with Gasteiger partial charge in [-0.1, -0.05) is 6.07 Å². The maximum absolute atomic E-state index is 13.2. The Bertz CT molecular complexity index is 1430. The van der Waals surface area contributed by atoms with E-state index < -0.39 is 11.7 Å². The smallest absolute Gasteiger partial charge is 0.328 e. The highest BCUT2D eigenvalue weighted by Gasteiger charge is 2.34. The minimum Gasteiger partial charge on any atom is -0.328 e. The number of aromatic nitrogens is 4. The van der Waals surface area contributed by atoms with Crippen LogP contribution >= 0.6 is 0 Å². The molecule has 1 aliphatic heterocycles. The van der Waals surface area contributed by atoms with Crippen LogP contribution in [0.15, 0.2) is 60.9 Å². The van der Waals surface area contributed by atoms with Crippen molar-refractivity contribution < 1.29 is 18.0 Å². The van der Waals surface area contributed by atoms with Crippen LogP contribution < -0.4 is 5.32 Å². The van der Waals surface area contributed by atoms with Gasteiger partial charge in [0, 0.05) is 35.6 Å². The van der Waals surface area contributed by atoms with Gasteiger partial charge in [-0.15, -0.1) is 0 Å². The van der Waals surface area contributed by atoms with Gasteiger partial charge in [0.1, 0.15) is 5.82 Å². The number of halogens is 3. The number of imidazole rings is 1. The third kappa shape index (κ3) is 4.19. The summed E-state index contributed by atoms with van der Waals surface area (Å²) in [6.07, 6.45) is 4.03. The van der Waals surface area contributed by atoms with Crippen molar-refractivity contribution in [3.63, 3.8) is 0 Å². The zero-order valence-corrected chi connectivity index (χ0v) is 19.4. The van der Waals surface area contributed by atoms with Crippen molar-refractivity contribution in [2.24, 2.45) is 0 Å². The fourth-order valence-corrected chi connectivity index (χ4v) is 4.87. The van der Waals surface area contributed by atoms with Crippen LogP contribution in [0.3, 0.4) is 0 Å². The average Bonchev–Trinajstić information content (AvgIpc) is 3.46. The van der Waals surface area contributed by atoms with E-state index in [4.69, 9.17) is 0 Å². The molecule has 1 amide bonds. The highest BCUT2D eigenvalue weighted by atomic mass is 19.4. The molecule has 1 aliphatic carbocycles. The van der Waals surface area contributed by atoms with Crippen molar-refractivity contribution in [3.8, 4) is 17.1 Å². The first-order valence-corrected chi connectivity index (χ1v) is 12.1. The molecule has 6 rings (SSSR count). The summed E-state index contributed by atoms with van der Waals surface area (Å²) in [5, 5.41) is 7.22. The SMILES string of the molecule is O=C(Nc1ccc(-c2ncc3n2CCCC3)cc1)c1cnn(-c2cccc(C(F)(F)F)c2)c1C1CC1. The number of rotatable bonds is 5. The van der Waals surface area contributed by atoms with Crippen LogP contribution in [-0.4, -0.2) is 25.2 Å². The summed E-state index contributed by atoms with van der Waals surface area (Å²) in [6, 6.07) is 12.6. The Morgan fingerprint density at radius 2 is 1.83 bits per heavy atom. The summed E-state index contributed by atoms with van der Waals surface area (Å²) in [4.78, 5) is 17.8. The number of hydrogen-bond donors (Lipinski definition) is 1. The normalized spacial score (nSPS) is 15.5. The predicted molar refractivity (Wildman–Crippen MR) is 129 cm³/mol. The van der Waals surface area contributed by atoms with E-state index >= 15 is 0 Å². The number of nitrogens with zero attached hydrogens (tertiary/aromatic N) is 4. The molecule has 1 fully saturated rings. The highest BCUT2D eigenvalue weighted by Crippen LogP contribution is 2.43. The van der Waals surface area contributed by atoms with Crippen molar-refractivity contribution in [1.82, 2.24) is 19.3 Å². The van der Waals surface area contributed by atoms with Gasteiger partial charge in [0.2, 0.25) is 0 Å². The molecular weight excluding hydrogens is 467 g/mol. The van der Waals surface area contributed by atoms with E-state index in [1.165, 1.54) is 29.1 Å². The largest absolute Gasteiger partial charge is 0.416 e. The molecular formula is C27H24F3N5O. The second-order valence-corrected chi connectivity index (χ2v) is 9.39. The van der Waals surface area contributed by atoms with Gasteiger partial charge in [0.05, 0.1) is 28.7 Å². The zero-order chi connectivity index (χ0) is 24.9. The van der Waals surface area contributed by atoms with Gasteiger partial charge in [-0.3, -0.25) is 4.79 Å². The molecule has 9 heteroatoms. The molecule has 0 radical (unpaired) electrons. The van der Waals surface area contributed by atoms with Crippen LogP contribution in [-0.2, 0) is 19.1 Å². The van der Waals surface area contributed by atoms with Crippen LogP contribution in [0.4, 0.5) is 18.9 Å². The number of nitrogens with one attached hydrogen (secondary N) is 1. The Morgan fingerprint density at radius 3 is 2.58 bits per heavy atom. The lowest BCUT2D eigenvalue weighted by molar-refractivity contribution is -0.137. The molecule has 2 aromatic heterocycles. The average molecular weight is 492 g/mol. The van der Waals surface area contributed by atoms with Gasteiger partial charge < -0.3 is 9.88 Å². The van der Waals surface area contributed by atoms with Crippen LogP contribution in [0.5, 0.6) is 0 Å². The number of aryl methyl sites for hydroxylation is 1. The molecule has 3 heterocycles. The van der Waals surface area contributed by atoms with Gasteiger partial charge in [0.25, 0.3) is 5.91 Å². The molecule has 0 unspecified atom stereocenters. The maximum Gasteiger partial charge on any atom is 0.416 e. The van der Waals surface area contributed by atoms with Gasteiger partial charge in [-0.05, 0) is 74.6 Å². The predicted octanol–water partition coefficient (Wildman–Crippen LogP) is 6.22. The van der Waals surface area contributed by atoms with Crippen LogP contribution in [0, 0.1) is 0 Å². The van der Waals surface area contributed by atoms with Gasteiger partial charge in [-0.2, -0.15) is 18.3 Å². The Hall–Kier alpha value is -3.88. The van der Waals surface area contributed by atoms with Crippen molar-refractivity contribution in [3.05, 3.63) is 83.4 Å². The maximum atomic E-state index is 13.2. The van der Waals surface area contributed by atoms with Gasteiger partial charge in [-0.25, -0.2) is 9.67 Å². The molecule has 0 spiro atoms. The summed E-state index contributed by atoms with van der Waals surface area (Å²) in [5.41, 5.74) is 3.42. The van der Waals surface area contributed by atoms with Crippen molar-refractivity contribution in [2.75, 3.05) is 5.32 Å². The quantitative estimate of drug-likeness (QED) is 0.360. The molecule has 2 aliphatic rings. The van der Waals surface area contributed by atoms with E-state index in [0.717, 1.165) is 55.7 Å². The molecule has 4 aromatic rings. The van der Waals surface area contributed by atoms with Crippen molar-refractivity contribution in [1.29, 1.82) is 0 Å². The fourth-order valence-electron chi connectivity index (χ4n) is 4.87. The number of alkyl halides is 3. The summed E-state index contributed by atoms with van der Waals surface area (Å²) in [7, 11) is 0. The zero-order valence-electron chi connectivity index (χ0n) is 19.4. The number of carbonyl (C=O) groups excluding carboxylic acids is 1. The van der Waals surface area contributed by atoms with Crippen molar-refractivity contribution in [2.45, 2.75) is 50.7 Å². The second kappa shape index (κ2) is 8.65. The summed E-state index contributed by atoms with van der Waals surface area (Å²) < 4.78 is 43.4. The summed E-state index contributed by atoms with van der Waals surface area (Å²) in [6.45, 7) is 0.961. The van der Waals surface area contributed by atoms with E-state index in [1.54, 1.807) is 6.07 Å². The number of benzene rings is 2. The standard InChI is InChI=1S/C27H24F3N5O/c28-27(29,30)19-4-3-6-21(14-19)35-24(17-7-8-17)23(16-32-35)26(36)33-20-11-9-18(10-12-20)25-31-15-22-5-1-2-13-34(22)25/h3-4,6,9-12,14-17H,1-2,5,7-8,13H2,(H,33,36). The van der Waals surface area contributed by atoms with E-state index in [0.29, 0.717) is 16.9 Å². The molecule has 0 saturated heterocycles. The first-order chi connectivity index (χ1) is 17.4. The van der Waals surface area contributed by atoms with Gasteiger partial charge in [0.15, 0.2) is 0 Å². The van der Waals surface area contributed by atoms with Crippen LogP contribution in [0.2, 0.25) is 0 Å². The molecule has 1 saturated carbocycles. The topological polar surface area (TPSA) is 64.7 Å². The number of carbonyl (C=O) groups is 1. The molecule has 6 nitrogen and oxygen atoms in total. The highest BCUT2D eigenvalue weighted by molar-refractivity contribution is 6.05. The number of amides is 1. The Kier molecular flexibility index (Phi) is 5.43. The minimum atomic E-state index is -4.45. The van der Waals surface area contributed by atoms with E-state index in [1.807, 2.05) is 30.5 Å². The molecule has 1 N–H and O–H groups in total. The first kappa shape index (κ1) is 22.6.